The van der Waals surface area contributed by atoms with Crippen molar-refractivity contribution in [1.82, 2.24) is 9.80 Å². The maximum Gasteiger partial charge on any atom is 1.00 e. The monoisotopic (exact) mass is 434 g/mol. The number of ether oxygens (including phenoxy) is 1. The number of nitrogens with zero attached hydrogens (tertiary/aromatic N) is 2. The normalized spacial score (nSPS) is 17.9. The zero-order chi connectivity index (χ0) is 22.6. The Bertz CT molecular complexity index is 920. The number of piperazine rings is 1. The molecule has 0 saturated carbocycles. The molecule has 0 radical (unpaired) electrons. The number of benzene rings is 2. The molecule has 1 amide bonds. The Labute approximate surface area is 200 Å². The number of hydrogen-bond acceptors (Lipinski definition) is 5. The molecule has 2 atom stereocenters. The van der Waals surface area contributed by atoms with Gasteiger partial charge in [-0.3, -0.25) is 4.90 Å². The van der Waals surface area contributed by atoms with E-state index in [1.165, 1.54) is 17.0 Å². The summed E-state index contributed by atoms with van der Waals surface area (Å²) in [5, 5.41) is 11.5. The van der Waals surface area contributed by atoms with Gasteiger partial charge in [-0.25, -0.2) is 9.18 Å². The van der Waals surface area contributed by atoms with Crippen molar-refractivity contribution in [3.63, 3.8) is 0 Å². The van der Waals surface area contributed by atoms with Crippen molar-refractivity contribution >= 4 is 12.1 Å². The molecule has 166 valence electrons. The minimum Gasteiger partial charge on any atom is -0.550 e. The van der Waals surface area contributed by atoms with Gasteiger partial charge in [-0.2, -0.15) is 0 Å². The maximum absolute atomic E-state index is 14.1. The molecule has 8 heteroatoms. The van der Waals surface area contributed by atoms with Gasteiger partial charge in [0.2, 0.25) is 0 Å². The van der Waals surface area contributed by atoms with E-state index in [9.17, 15) is 19.1 Å². The third-order valence-electron chi connectivity index (χ3n) is 5.19. The molecule has 6 nitrogen and oxygen atoms in total. The van der Waals surface area contributed by atoms with Crippen molar-refractivity contribution in [3.8, 4) is 0 Å². The summed E-state index contributed by atoms with van der Waals surface area (Å²) in [5.41, 5.74) is 0.995. The number of halogens is 1. The predicted molar refractivity (Wildman–Crippen MR) is 113 cm³/mol. The summed E-state index contributed by atoms with van der Waals surface area (Å²) in [6.45, 7) is 6.32. The van der Waals surface area contributed by atoms with Crippen LogP contribution in [0, 0.1) is 5.82 Å². The van der Waals surface area contributed by atoms with Crippen molar-refractivity contribution in [1.29, 1.82) is 0 Å². The second-order valence-electron chi connectivity index (χ2n) is 8.76. The molecule has 1 heterocycles. The summed E-state index contributed by atoms with van der Waals surface area (Å²) < 4.78 is 19.5. The Morgan fingerprint density at radius 2 is 1.75 bits per heavy atom. The molecule has 0 spiro atoms. The van der Waals surface area contributed by atoms with Gasteiger partial charge in [-0.05, 0) is 44.0 Å². The van der Waals surface area contributed by atoms with Gasteiger partial charge >= 0.3 is 25.0 Å². The second kappa shape index (κ2) is 11.0. The van der Waals surface area contributed by atoms with Crippen LogP contribution in [0.1, 0.15) is 44.4 Å². The minimum absolute atomic E-state index is 0. The van der Waals surface area contributed by atoms with Crippen LogP contribution in [0.15, 0.2) is 54.6 Å². The molecular weight excluding hydrogens is 406 g/mol. The third-order valence-corrected chi connectivity index (χ3v) is 5.19. The van der Waals surface area contributed by atoms with Crippen molar-refractivity contribution < 1.29 is 42.7 Å². The number of hydrogen-bond donors (Lipinski definition) is 0. The Hall–Kier alpha value is -2.33. The average Bonchev–Trinajstić information content (AvgIpc) is 2.68. The van der Waals surface area contributed by atoms with E-state index in [-0.39, 0.29) is 43.7 Å². The molecule has 0 aliphatic carbocycles. The number of carboxylic acid groups (broad SMARTS) is 1. The molecular formula is C24H28FLiN2O4. The van der Waals surface area contributed by atoms with Gasteiger partial charge in [0, 0.05) is 38.1 Å². The van der Waals surface area contributed by atoms with E-state index in [0.717, 1.165) is 11.1 Å². The van der Waals surface area contributed by atoms with E-state index in [1.54, 1.807) is 26.8 Å². The minimum atomic E-state index is -1.20. The van der Waals surface area contributed by atoms with Crippen LogP contribution in [0.2, 0.25) is 0 Å². The maximum atomic E-state index is 14.1. The fraction of sp³-hybridized carbons (Fsp3) is 0.417. The number of carbonyl (C=O) groups is 2. The fourth-order valence-electron chi connectivity index (χ4n) is 3.96. The molecule has 1 aliphatic rings. The first-order valence-electron chi connectivity index (χ1n) is 10.4. The van der Waals surface area contributed by atoms with Crippen LogP contribution in [-0.2, 0) is 9.53 Å². The van der Waals surface area contributed by atoms with Gasteiger partial charge in [-0.1, -0.05) is 42.5 Å². The predicted octanol–water partition coefficient (Wildman–Crippen LogP) is -0.0196. The molecule has 1 fully saturated rings. The first kappa shape index (κ1) is 25.9. The molecule has 1 saturated heterocycles. The number of carboxylic acids is 1. The molecule has 0 bridgehead atoms. The first-order valence-corrected chi connectivity index (χ1v) is 10.4. The smallest absolute Gasteiger partial charge is 0.550 e. The van der Waals surface area contributed by atoms with Crippen molar-refractivity contribution in [3.05, 3.63) is 71.5 Å². The van der Waals surface area contributed by atoms with Gasteiger partial charge in [0.15, 0.2) is 0 Å². The number of carbonyl (C=O) groups excluding carboxylic acids is 2. The molecule has 32 heavy (non-hydrogen) atoms. The van der Waals surface area contributed by atoms with Crippen LogP contribution < -0.4 is 24.0 Å². The Balaban J connectivity index is 0.00000363. The van der Waals surface area contributed by atoms with E-state index in [2.05, 4.69) is 0 Å². The molecule has 0 N–H and O–H groups in total. The summed E-state index contributed by atoms with van der Waals surface area (Å²) in [6.07, 6.45) is -0.727. The van der Waals surface area contributed by atoms with Crippen LogP contribution in [0.5, 0.6) is 0 Å². The molecule has 0 aromatic heterocycles. The molecule has 1 unspecified atom stereocenters. The Morgan fingerprint density at radius 1 is 1.09 bits per heavy atom. The van der Waals surface area contributed by atoms with Crippen LogP contribution in [0.25, 0.3) is 0 Å². The number of aliphatic carboxylic acids is 1. The van der Waals surface area contributed by atoms with Gasteiger partial charge in [0.1, 0.15) is 11.4 Å². The average molecular weight is 434 g/mol. The summed E-state index contributed by atoms with van der Waals surface area (Å²) in [6, 6.07) is 15.0. The van der Waals surface area contributed by atoms with E-state index in [0.29, 0.717) is 13.1 Å². The van der Waals surface area contributed by atoms with Crippen LogP contribution in [-0.4, -0.2) is 53.1 Å². The largest absolute Gasteiger partial charge is 1.00 e. The topological polar surface area (TPSA) is 72.9 Å². The van der Waals surface area contributed by atoms with Gasteiger partial charge in [0.05, 0.1) is 6.04 Å². The Morgan fingerprint density at radius 3 is 2.34 bits per heavy atom. The summed E-state index contributed by atoms with van der Waals surface area (Å²) in [7, 11) is 0. The Kier molecular flexibility index (Phi) is 8.91. The van der Waals surface area contributed by atoms with Crippen molar-refractivity contribution in [2.24, 2.45) is 0 Å². The first-order chi connectivity index (χ1) is 14.6. The molecule has 1 aliphatic heterocycles. The molecule has 2 aromatic rings. The van der Waals surface area contributed by atoms with Gasteiger partial charge in [0.25, 0.3) is 0 Å². The standard InChI is InChI=1S/C24H29FN2O4.Li/c1-24(2,3)31-23(30)26-12-13-27(20(16-26)15-21(28)29)22(17-8-5-4-6-9-17)18-10-7-11-19(25)14-18;/h4-11,14,20,22H,12-13,15-16H2,1-3H3,(H,28,29);/q;+1/p-1/t20-,22?;/m1./s1. The van der Waals surface area contributed by atoms with E-state index in [1.807, 2.05) is 41.3 Å². The van der Waals surface area contributed by atoms with E-state index < -0.39 is 23.7 Å². The quantitative estimate of drug-likeness (QED) is 0.619. The summed E-state index contributed by atoms with van der Waals surface area (Å²) in [5.74, 6) is -1.56. The fourth-order valence-corrected chi connectivity index (χ4v) is 3.96. The number of amides is 1. The third kappa shape index (κ3) is 6.83. The SMILES string of the molecule is CC(C)(C)OC(=O)N1CCN(C(c2ccccc2)c2cccc(F)c2)[C@H](CC(=O)[O-])C1.[Li+]. The summed E-state index contributed by atoms with van der Waals surface area (Å²) in [4.78, 5) is 27.7. The van der Waals surface area contributed by atoms with Gasteiger partial charge in [-0.15, -0.1) is 0 Å². The van der Waals surface area contributed by atoms with E-state index in [4.69, 9.17) is 4.74 Å². The zero-order valence-electron chi connectivity index (χ0n) is 19.1. The van der Waals surface area contributed by atoms with Gasteiger partial charge < -0.3 is 19.5 Å². The summed E-state index contributed by atoms with van der Waals surface area (Å²) >= 11 is 0. The zero-order valence-corrected chi connectivity index (χ0v) is 19.1. The molecule has 2 aromatic carbocycles. The second-order valence-corrected chi connectivity index (χ2v) is 8.76. The van der Waals surface area contributed by atoms with Crippen LogP contribution in [0.3, 0.4) is 0 Å². The van der Waals surface area contributed by atoms with E-state index >= 15 is 0 Å². The van der Waals surface area contributed by atoms with Crippen LogP contribution in [0.4, 0.5) is 9.18 Å². The molecule has 3 rings (SSSR count). The number of rotatable bonds is 5. The van der Waals surface area contributed by atoms with Crippen molar-refractivity contribution in [2.45, 2.75) is 44.9 Å². The van der Waals surface area contributed by atoms with Crippen LogP contribution >= 0.6 is 0 Å². The van der Waals surface area contributed by atoms with Crippen molar-refractivity contribution in [2.75, 3.05) is 19.6 Å².